The van der Waals surface area contributed by atoms with Crippen molar-refractivity contribution >= 4 is 28.6 Å². The fourth-order valence-corrected chi connectivity index (χ4v) is 1.41. The Labute approximate surface area is 121 Å². The number of hydrogen-bond donors (Lipinski definition) is 1. The van der Waals surface area contributed by atoms with Crippen LogP contribution in [0.2, 0.25) is 0 Å². The van der Waals surface area contributed by atoms with E-state index in [2.05, 4.69) is 27.3 Å². The van der Waals surface area contributed by atoms with Gasteiger partial charge in [-0.05, 0) is 29.9 Å². The van der Waals surface area contributed by atoms with Gasteiger partial charge in [-0.25, -0.2) is 4.79 Å². The summed E-state index contributed by atoms with van der Waals surface area (Å²) in [5.41, 5.74) is 0.823. The van der Waals surface area contributed by atoms with Gasteiger partial charge in [0.2, 0.25) is 0 Å². The molecule has 1 N–H and O–H groups in total. The Morgan fingerprint density at radius 2 is 2.00 bits per heavy atom. The molecular weight excluding hydrogens is 347 g/mol. The van der Waals surface area contributed by atoms with Crippen LogP contribution in [-0.4, -0.2) is 29.7 Å². The number of ether oxygens (including phenoxy) is 2. The van der Waals surface area contributed by atoms with Crippen LogP contribution in [0.3, 0.4) is 0 Å². The number of carbonyl (C=O) groups is 1. The first-order valence-corrected chi connectivity index (χ1v) is 7.68. The number of benzene rings is 1. The fourth-order valence-electron chi connectivity index (χ4n) is 1.41. The minimum Gasteiger partial charge on any atom is -0.507 e. The first-order chi connectivity index (χ1) is 8.60. The third-order valence-corrected chi connectivity index (χ3v) is 2.15. The van der Waals surface area contributed by atoms with Gasteiger partial charge in [-0.15, -0.1) is 0 Å². The van der Waals surface area contributed by atoms with Gasteiger partial charge < -0.3 is 14.6 Å². The average Bonchev–Trinajstić information content (AvgIpc) is 2.37. The summed E-state index contributed by atoms with van der Waals surface area (Å²) in [6.07, 6.45) is 0.887. The second-order valence-electron chi connectivity index (χ2n) is 3.47. The van der Waals surface area contributed by atoms with Crippen LogP contribution < -0.4 is 4.74 Å². The van der Waals surface area contributed by atoms with Gasteiger partial charge in [0.05, 0.1) is 13.7 Å². The molecule has 0 bridgehead atoms. The summed E-state index contributed by atoms with van der Waals surface area (Å²) in [4.78, 5) is 13.3. The fraction of sp³-hybridized carbons (Fsp3) is 0.462. The van der Waals surface area contributed by atoms with Gasteiger partial charge >= 0.3 is 5.97 Å². The van der Waals surface area contributed by atoms with Gasteiger partial charge in [0.15, 0.2) is 0 Å². The van der Waals surface area contributed by atoms with E-state index in [1.807, 2.05) is 11.9 Å². The molecule has 0 unspecified atom stereocenters. The van der Waals surface area contributed by atoms with Crippen molar-refractivity contribution in [1.29, 1.82) is 0 Å². The lowest BCUT2D eigenvalue weighted by molar-refractivity contribution is 0.0596. The van der Waals surface area contributed by atoms with Crippen LogP contribution >= 0.6 is 22.6 Å². The molecule has 0 spiro atoms. The minimum atomic E-state index is -0.544. The summed E-state index contributed by atoms with van der Waals surface area (Å²) in [6.45, 7) is 4.30. The largest absolute Gasteiger partial charge is 0.507 e. The molecule has 0 amide bonds. The van der Waals surface area contributed by atoms with E-state index in [0.717, 1.165) is 6.42 Å². The van der Waals surface area contributed by atoms with Gasteiger partial charge in [-0.3, -0.25) is 0 Å². The molecule has 18 heavy (non-hydrogen) atoms. The smallest absolute Gasteiger partial charge is 0.341 e. The first-order valence-electron chi connectivity index (χ1n) is 5.52. The lowest BCUT2D eigenvalue weighted by atomic mass is 10.1. The highest BCUT2D eigenvalue weighted by atomic mass is 127. The minimum absolute atomic E-state index is 0.113. The number of aromatic hydroxyl groups is 1. The van der Waals surface area contributed by atoms with Crippen molar-refractivity contribution in [1.82, 2.24) is 0 Å². The summed E-state index contributed by atoms with van der Waals surface area (Å²) in [6, 6.07) is 3.14. The van der Waals surface area contributed by atoms with E-state index in [1.54, 1.807) is 13.0 Å². The van der Waals surface area contributed by atoms with Crippen LogP contribution in [0.4, 0.5) is 0 Å². The molecule has 1 rings (SSSR count). The molecular formula is C13H19IO4. The monoisotopic (exact) mass is 366 g/mol. The highest BCUT2D eigenvalue weighted by Crippen LogP contribution is 2.28. The summed E-state index contributed by atoms with van der Waals surface area (Å²) < 4.78 is 9.95. The maximum absolute atomic E-state index is 11.4. The summed E-state index contributed by atoms with van der Waals surface area (Å²) in [5.74, 6) is -0.0977. The van der Waals surface area contributed by atoms with Crippen molar-refractivity contribution in [3.05, 3.63) is 23.3 Å². The van der Waals surface area contributed by atoms with Gasteiger partial charge in [0.25, 0.3) is 0 Å². The lowest BCUT2D eigenvalue weighted by Crippen LogP contribution is -2.05. The quantitative estimate of drug-likeness (QED) is 0.505. The molecule has 0 heterocycles. The third-order valence-electron chi connectivity index (χ3n) is 2.15. The van der Waals surface area contributed by atoms with Crippen molar-refractivity contribution in [3.63, 3.8) is 0 Å². The van der Waals surface area contributed by atoms with Crippen LogP contribution in [0.15, 0.2) is 12.1 Å². The highest BCUT2D eigenvalue weighted by molar-refractivity contribution is 14.1. The zero-order valence-corrected chi connectivity index (χ0v) is 13.3. The van der Waals surface area contributed by atoms with E-state index < -0.39 is 5.97 Å². The normalized spacial score (nSPS) is 9.17. The predicted octanol–water partition coefficient (Wildman–Crippen LogP) is 3.33. The molecule has 0 aromatic heterocycles. The number of phenols is 1. The standard InChI is InChI=1S/C12H16O4.CH3I/c1-4-5-16-9-6-8(2)11(10(13)7-9)12(14)15-3;1-2/h6-7,13H,4-5H2,1-3H3;1H3. The predicted molar refractivity (Wildman–Crippen MR) is 79.9 cm³/mol. The van der Waals surface area contributed by atoms with Gasteiger partial charge in [0.1, 0.15) is 17.1 Å². The first kappa shape index (κ1) is 17.0. The number of hydrogen-bond acceptors (Lipinski definition) is 4. The Bertz CT molecular complexity index is 368. The molecule has 5 heteroatoms. The van der Waals surface area contributed by atoms with E-state index in [-0.39, 0.29) is 11.3 Å². The molecule has 0 aliphatic heterocycles. The number of aryl methyl sites for hydroxylation is 1. The SMILES string of the molecule is CCCOc1cc(C)c(C(=O)OC)c(O)c1.CI. The zero-order valence-electron chi connectivity index (χ0n) is 11.1. The number of carbonyl (C=O) groups excluding carboxylic acids is 1. The second kappa shape index (κ2) is 9.02. The molecule has 0 saturated carbocycles. The lowest BCUT2D eigenvalue weighted by Gasteiger charge is -2.10. The summed E-state index contributed by atoms with van der Waals surface area (Å²) >= 11 is 2.15. The van der Waals surface area contributed by atoms with Crippen molar-refractivity contribution in [2.75, 3.05) is 18.6 Å². The van der Waals surface area contributed by atoms with Crippen molar-refractivity contribution in [2.45, 2.75) is 20.3 Å². The zero-order chi connectivity index (χ0) is 14.1. The molecule has 0 saturated heterocycles. The van der Waals surface area contributed by atoms with Crippen molar-refractivity contribution < 1.29 is 19.4 Å². The molecule has 102 valence electrons. The third kappa shape index (κ3) is 4.72. The van der Waals surface area contributed by atoms with E-state index >= 15 is 0 Å². The molecule has 0 fully saturated rings. The number of rotatable bonds is 4. The molecule has 1 aromatic rings. The number of alkyl halides is 1. The van der Waals surface area contributed by atoms with Gasteiger partial charge in [-0.2, -0.15) is 0 Å². The van der Waals surface area contributed by atoms with E-state index in [9.17, 15) is 9.90 Å². The topological polar surface area (TPSA) is 55.8 Å². The van der Waals surface area contributed by atoms with E-state index in [1.165, 1.54) is 13.2 Å². The summed E-state index contributed by atoms with van der Waals surface area (Å²) in [5, 5.41) is 9.69. The average molecular weight is 366 g/mol. The Hall–Kier alpha value is -0.980. The number of phenolic OH excluding ortho intramolecular Hbond substituents is 1. The van der Waals surface area contributed by atoms with Crippen LogP contribution in [0.25, 0.3) is 0 Å². The molecule has 1 aromatic carbocycles. The molecule has 0 aliphatic rings. The van der Waals surface area contributed by atoms with Crippen LogP contribution in [0, 0.1) is 6.92 Å². The van der Waals surface area contributed by atoms with Gasteiger partial charge in [-0.1, -0.05) is 29.5 Å². The Kier molecular flexibility index (Phi) is 8.53. The Balaban J connectivity index is 0.00000137. The maximum Gasteiger partial charge on any atom is 0.341 e. The molecule has 0 radical (unpaired) electrons. The molecule has 0 atom stereocenters. The molecule has 0 aliphatic carbocycles. The van der Waals surface area contributed by atoms with E-state index in [0.29, 0.717) is 17.9 Å². The van der Waals surface area contributed by atoms with E-state index in [4.69, 9.17) is 4.74 Å². The Morgan fingerprint density at radius 3 is 2.44 bits per heavy atom. The number of esters is 1. The number of halogens is 1. The highest BCUT2D eigenvalue weighted by Gasteiger charge is 2.16. The van der Waals surface area contributed by atoms with Crippen LogP contribution in [0.1, 0.15) is 29.3 Å². The second-order valence-corrected chi connectivity index (χ2v) is 3.47. The Morgan fingerprint density at radius 1 is 1.39 bits per heavy atom. The van der Waals surface area contributed by atoms with Crippen LogP contribution in [-0.2, 0) is 4.74 Å². The van der Waals surface area contributed by atoms with Crippen molar-refractivity contribution in [2.24, 2.45) is 0 Å². The molecule has 4 nitrogen and oxygen atoms in total. The van der Waals surface area contributed by atoms with Crippen LogP contribution in [0.5, 0.6) is 11.5 Å². The van der Waals surface area contributed by atoms with Gasteiger partial charge in [0, 0.05) is 6.07 Å². The van der Waals surface area contributed by atoms with Crippen molar-refractivity contribution in [3.8, 4) is 11.5 Å². The number of methoxy groups -OCH3 is 1. The maximum atomic E-state index is 11.4. The summed E-state index contributed by atoms with van der Waals surface area (Å²) in [7, 11) is 1.28.